The lowest BCUT2D eigenvalue weighted by Crippen LogP contribution is -2.47. The zero-order valence-corrected chi connectivity index (χ0v) is 20.2. The topological polar surface area (TPSA) is 66.0 Å². The maximum atomic E-state index is 13.2. The number of benzene rings is 1. The number of amides is 1. The van der Waals surface area contributed by atoms with Crippen molar-refractivity contribution >= 4 is 36.0 Å². The summed E-state index contributed by atoms with van der Waals surface area (Å²) < 4.78 is 18.7. The van der Waals surface area contributed by atoms with Crippen molar-refractivity contribution < 1.29 is 13.9 Å². The van der Waals surface area contributed by atoms with Gasteiger partial charge in [-0.25, -0.2) is 9.18 Å². The molecular formula is C21H34FIN4O2. The van der Waals surface area contributed by atoms with Crippen molar-refractivity contribution in [1.82, 2.24) is 15.5 Å². The second-order valence-corrected chi connectivity index (χ2v) is 8.19. The van der Waals surface area contributed by atoms with Crippen LogP contribution in [0.2, 0.25) is 0 Å². The van der Waals surface area contributed by atoms with E-state index in [4.69, 9.17) is 4.74 Å². The number of aliphatic imine (C=N–C) groups is 1. The maximum absolute atomic E-state index is 13.2. The Bertz CT molecular complexity index is 679. The summed E-state index contributed by atoms with van der Waals surface area (Å²) in [4.78, 5) is 18.3. The minimum Gasteiger partial charge on any atom is -0.444 e. The Morgan fingerprint density at radius 1 is 1.34 bits per heavy atom. The third kappa shape index (κ3) is 9.64. The van der Waals surface area contributed by atoms with Gasteiger partial charge in [0.05, 0.1) is 0 Å². The van der Waals surface area contributed by atoms with Gasteiger partial charge in [0.1, 0.15) is 11.4 Å². The van der Waals surface area contributed by atoms with E-state index in [0.717, 1.165) is 31.5 Å². The van der Waals surface area contributed by atoms with Crippen LogP contribution in [0.4, 0.5) is 9.18 Å². The summed E-state index contributed by atoms with van der Waals surface area (Å²) in [5, 5.41) is 6.58. The summed E-state index contributed by atoms with van der Waals surface area (Å²) in [7, 11) is 1.73. The quantitative estimate of drug-likeness (QED) is 0.352. The zero-order chi connectivity index (χ0) is 20.6. The molecule has 1 aromatic carbocycles. The van der Waals surface area contributed by atoms with E-state index < -0.39 is 5.60 Å². The number of likely N-dealkylation sites (tertiary alicyclic amines) is 1. The van der Waals surface area contributed by atoms with Gasteiger partial charge in [0, 0.05) is 33.2 Å². The van der Waals surface area contributed by atoms with Gasteiger partial charge < -0.3 is 20.3 Å². The smallest absolute Gasteiger partial charge is 0.410 e. The number of hydrogen-bond donors (Lipinski definition) is 2. The molecule has 1 aliphatic heterocycles. The molecule has 29 heavy (non-hydrogen) atoms. The van der Waals surface area contributed by atoms with Gasteiger partial charge in [-0.15, -0.1) is 24.0 Å². The van der Waals surface area contributed by atoms with E-state index in [1.54, 1.807) is 24.1 Å². The first kappa shape index (κ1) is 25.5. The van der Waals surface area contributed by atoms with E-state index in [1.807, 2.05) is 26.8 Å². The molecule has 1 atom stereocenters. The van der Waals surface area contributed by atoms with Gasteiger partial charge in [0.15, 0.2) is 5.96 Å². The lowest BCUT2D eigenvalue weighted by atomic mass is 9.98. The largest absolute Gasteiger partial charge is 0.444 e. The van der Waals surface area contributed by atoms with Crippen LogP contribution in [0, 0.1) is 11.7 Å². The predicted molar refractivity (Wildman–Crippen MR) is 125 cm³/mol. The van der Waals surface area contributed by atoms with Crippen LogP contribution in [0.15, 0.2) is 29.3 Å². The minimum atomic E-state index is -0.476. The van der Waals surface area contributed by atoms with Crippen LogP contribution < -0.4 is 10.6 Å². The van der Waals surface area contributed by atoms with Crippen molar-refractivity contribution in [3.63, 3.8) is 0 Å². The molecule has 164 valence electrons. The summed E-state index contributed by atoms with van der Waals surface area (Å²) in [6.45, 7) is 8.47. The molecular weight excluding hydrogens is 486 g/mol. The summed E-state index contributed by atoms with van der Waals surface area (Å²) >= 11 is 0. The maximum Gasteiger partial charge on any atom is 0.410 e. The molecule has 1 fully saturated rings. The highest BCUT2D eigenvalue weighted by Gasteiger charge is 2.27. The Hall–Kier alpha value is -1.58. The second kappa shape index (κ2) is 12.2. The lowest BCUT2D eigenvalue weighted by Gasteiger charge is -2.34. The molecule has 0 aromatic heterocycles. The third-order valence-electron chi connectivity index (χ3n) is 4.55. The Balaban J connectivity index is 0.00000420. The summed E-state index contributed by atoms with van der Waals surface area (Å²) in [5.41, 5.74) is 0.471. The Kier molecular flexibility index (Phi) is 10.7. The van der Waals surface area contributed by atoms with E-state index in [-0.39, 0.29) is 35.9 Å². The van der Waals surface area contributed by atoms with Gasteiger partial charge in [-0.05, 0) is 63.6 Å². The Morgan fingerprint density at radius 2 is 2.10 bits per heavy atom. The molecule has 2 N–H and O–H groups in total. The van der Waals surface area contributed by atoms with Crippen molar-refractivity contribution in [3.05, 3.63) is 35.6 Å². The van der Waals surface area contributed by atoms with Crippen LogP contribution in [0.1, 0.15) is 39.2 Å². The van der Waals surface area contributed by atoms with Crippen molar-refractivity contribution in [3.8, 4) is 0 Å². The number of ether oxygens (including phenoxy) is 1. The van der Waals surface area contributed by atoms with Crippen molar-refractivity contribution in [1.29, 1.82) is 0 Å². The molecule has 0 saturated carbocycles. The molecule has 8 heteroatoms. The van der Waals surface area contributed by atoms with Gasteiger partial charge in [-0.1, -0.05) is 12.1 Å². The van der Waals surface area contributed by atoms with Gasteiger partial charge >= 0.3 is 6.09 Å². The van der Waals surface area contributed by atoms with E-state index in [0.29, 0.717) is 31.4 Å². The van der Waals surface area contributed by atoms with Crippen molar-refractivity contribution in [2.45, 2.75) is 45.6 Å². The number of halogens is 2. The van der Waals surface area contributed by atoms with Crippen molar-refractivity contribution in [2.24, 2.45) is 10.9 Å². The van der Waals surface area contributed by atoms with Crippen LogP contribution in [0.25, 0.3) is 0 Å². The van der Waals surface area contributed by atoms with Crippen molar-refractivity contribution in [2.75, 3.05) is 33.2 Å². The molecule has 6 nitrogen and oxygen atoms in total. The van der Waals surface area contributed by atoms with E-state index >= 15 is 0 Å². The second-order valence-electron chi connectivity index (χ2n) is 8.19. The zero-order valence-electron chi connectivity index (χ0n) is 17.8. The average Bonchev–Trinajstić information content (AvgIpc) is 2.63. The molecule has 1 aliphatic rings. The highest BCUT2D eigenvalue weighted by atomic mass is 127. The van der Waals surface area contributed by atoms with Crippen LogP contribution in [0.5, 0.6) is 0 Å². The first-order valence-corrected chi connectivity index (χ1v) is 9.94. The molecule has 0 bridgehead atoms. The molecule has 0 radical (unpaired) electrons. The fourth-order valence-electron chi connectivity index (χ4n) is 3.20. The SMILES string of the molecule is CN=C(NCCc1cccc(F)c1)NCC1CCCN(C(=O)OC(C)(C)C)C1.I. The van der Waals surface area contributed by atoms with Gasteiger partial charge in [0.2, 0.25) is 0 Å². The number of nitrogens with one attached hydrogen (secondary N) is 2. The minimum absolute atomic E-state index is 0. The highest BCUT2D eigenvalue weighted by Crippen LogP contribution is 2.18. The summed E-state index contributed by atoms with van der Waals surface area (Å²) in [6.07, 6.45) is 2.51. The number of piperidine rings is 1. The molecule has 1 saturated heterocycles. The molecule has 2 rings (SSSR count). The van der Waals surface area contributed by atoms with E-state index in [1.165, 1.54) is 6.07 Å². The number of carbonyl (C=O) groups is 1. The summed E-state index contributed by atoms with van der Waals surface area (Å²) in [5.74, 6) is 0.848. The number of carbonyl (C=O) groups excluding carboxylic acids is 1. The molecule has 1 amide bonds. The molecule has 1 heterocycles. The van der Waals surface area contributed by atoms with Gasteiger partial charge in [0.25, 0.3) is 0 Å². The Labute approximate surface area is 190 Å². The number of guanidine groups is 1. The monoisotopic (exact) mass is 520 g/mol. The first-order valence-electron chi connectivity index (χ1n) is 9.94. The molecule has 1 aromatic rings. The number of rotatable bonds is 5. The lowest BCUT2D eigenvalue weighted by molar-refractivity contribution is 0.0168. The highest BCUT2D eigenvalue weighted by molar-refractivity contribution is 14.0. The number of hydrogen-bond acceptors (Lipinski definition) is 3. The molecule has 0 aliphatic carbocycles. The van der Waals surface area contributed by atoms with Gasteiger partial charge in [-0.3, -0.25) is 4.99 Å². The predicted octanol–water partition coefficient (Wildman–Crippen LogP) is 3.80. The van der Waals surface area contributed by atoms with Crippen LogP contribution in [0.3, 0.4) is 0 Å². The number of nitrogens with zero attached hydrogens (tertiary/aromatic N) is 2. The van der Waals surface area contributed by atoms with E-state index in [2.05, 4.69) is 15.6 Å². The summed E-state index contributed by atoms with van der Waals surface area (Å²) in [6, 6.07) is 6.62. The average molecular weight is 520 g/mol. The third-order valence-corrected chi connectivity index (χ3v) is 4.55. The first-order chi connectivity index (χ1) is 13.3. The van der Waals surface area contributed by atoms with E-state index in [9.17, 15) is 9.18 Å². The molecule has 0 spiro atoms. The standard InChI is InChI=1S/C21H33FN4O2.HI/c1-21(2,3)28-20(27)26-12-6-8-17(15-26)14-25-19(23-4)24-11-10-16-7-5-9-18(22)13-16;/h5,7,9,13,17H,6,8,10-12,14-15H2,1-4H3,(H2,23,24,25);1H. The van der Waals surface area contributed by atoms with Gasteiger partial charge in [-0.2, -0.15) is 0 Å². The Morgan fingerprint density at radius 3 is 2.76 bits per heavy atom. The van der Waals surface area contributed by atoms with Crippen LogP contribution >= 0.6 is 24.0 Å². The molecule has 1 unspecified atom stereocenters. The van der Waals surface area contributed by atoms with Crippen LogP contribution in [-0.2, 0) is 11.2 Å². The fraction of sp³-hybridized carbons (Fsp3) is 0.619. The normalized spacial score (nSPS) is 17.3. The fourth-order valence-corrected chi connectivity index (χ4v) is 3.20. The van der Waals surface area contributed by atoms with Crippen LogP contribution in [-0.4, -0.2) is 55.8 Å².